The molecule has 0 aromatic heterocycles. The number of aryl methyl sites for hydroxylation is 1. The molecule has 0 heterocycles. The van der Waals surface area contributed by atoms with Crippen molar-refractivity contribution in [3.8, 4) is 11.5 Å². The molecule has 2 nitrogen and oxygen atoms in total. The lowest BCUT2D eigenvalue weighted by molar-refractivity contribution is 0.475. The number of ether oxygens (including phenoxy) is 1. The SMILES string of the molecule is Cc1ccc(N)c(Oc2ccccc2C(C)C)c1. The monoisotopic (exact) mass is 241 g/mol. The number of nitrogens with two attached hydrogens (primary N) is 1. The van der Waals surface area contributed by atoms with Crippen molar-refractivity contribution in [2.75, 3.05) is 5.73 Å². The van der Waals surface area contributed by atoms with Gasteiger partial charge in [-0.1, -0.05) is 38.1 Å². The Kier molecular flexibility index (Phi) is 3.56. The molecule has 0 spiro atoms. The Balaban J connectivity index is 2.37. The lowest BCUT2D eigenvalue weighted by Gasteiger charge is -2.15. The number of rotatable bonds is 3. The van der Waals surface area contributed by atoms with Crippen LogP contribution in [0.25, 0.3) is 0 Å². The molecule has 0 bridgehead atoms. The van der Waals surface area contributed by atoms with Crippen molar-refractivity contribution in [2.24, 2.45) is 0 Å². The van der Waals surface area contributed by atoms with Gasteiger partial charge in [-0.2, -0.15) is 0 Å². The molecule has 2 N–H and O–H groups in total. The summed E-state index contributed by atoms with van der Waals surface area (Å²) in [6, 6.07) is 13.9. The smallest absolute Gasteiger partial charge is 0.150 e. The lowest BCUT2D eigenvalue weighted by Crippen LogP contribution is -1.96. The van der Waals surface area contributed by atoms with Crippen molar-refractivity contribution in [1.82, 2.24) is 0 Å². The molecule has 0 aliphatic heterocycles. The second kappa shape index (κ2) is 5.13. The summed E-state index contributed by atoms with van der Waals surface area (Å²) in [7, 11) is 0. The summed E-state index contributed by atoms with van der Waals surface area (Å²) in [4.78, 5) is 0. The van der Waals surface area contributed by atoms with Crippen molar-refractivity contribution in [3.63, 3.8) is 0 Å². The normalized spacial score (nSPS) is 10.7. The van der Waals surface area contributed by atoms with Crippen molar-refractivity contribution in [1.29, 1.82) is 0 Å². The van der Waals surface area contributed by atoms with Crippen LogP contribution < -0.4 is 10.5 Å². The van der Waals surface area contributed by atoms with Crippen LogP contribution >= 0.6 is 0 Å². The maximum absolute atomic E-state index is 5.96. The van der Waals surface area contributed by atoms with Crippen LogP contribution in [0.5, 0.6) is 11.5 Å². The first-order valence-corrected chi connectivity index (χ1v) is 6.21. The Morgan fingerprint density at radius 2 is 1.72 bits per heavy atom. The van der Waals surface area contributed by atoms with Gasteiger partial charge in [0.15, 0.2) is 5.75 Å². The molecule has 0 saturated heterocycles. The predicted molar refractivity (Wildman–Crippen MR) is 76.2 cm³/mol. The molecule has 0 aliphatic carbocycles. The van der Waals surface area contributed by atoms with Crippen LogP contribution in [0.2, 0.25) is 0 Å². The van der Waals surface area contributed by atoms with E-state index in [-0.39, 0.29) is 0 Å². The zero-order chi connectivity index (χ0) is 13.1. The largest absolute Gasteiger partial charge is 0.455 e. The van der Waals surface area contributed by atoms with E-state index in [9.17, 15) is 0 Å². The Bertz CT molecular complexity index is 547. The van der Waals surface area contributed by atoms with Gasteiger partial charge in [-0.3, -0.25) is 0 Å². The zero-order valence-corrected chi connectivity index (χ0v) is 11.1. The molecule has 2 heteroatoms. The number of hydrogen-bond acceptors (Lipinski definition) is 2. The Morgan fingerprint density at radius 3 is 2.44 bits per heavy atom. The Hall–Kier alpha value is -1.96. The van der Waals surface area contributed by atoms with Crippen LogP contribution in [0, 0.1) is 6.92 Å². The van der Waals surface area contributed by atoms with E-state index in [1.165, 1.54) is 5.56 Å². The number of benzene rings is 2. The maximum Gasteiger partial charge on any atom is 0.150 e. The molecule has 2 aromatic rings. The van der Waals surface area contributed by atoms with Crippen LogP contribution in [0.4, 0.5) is 5.69 Å². The third-order valence-electron chi connectivity index (χ3n) is 2.93. The summed E-state index contributed by atoms with van der Waals surface area (Å²) < 4.78 is 5.96. The molecule has 0 amide bonds. The summed E-state index contributed by atoms with van der Waals surface area (Å²) >= 11 is 0. The summed E-state index contributed by atoms with van der Waals surface area (Å²) in [5.41, 5.74) is 8.94. The molecule has 0 radical (unpaired) electrons. The third-order valence-corrected chi connectivity index (χ3v) is 2.93. The Morgan fingerprint density at radius 1 is 1.00 bits per heavy atom. The highest BCUT2D eigenvalue weighted by atomic mass is 16.5. The number of hydrogen-bond donors (Lipinski definition) is 1. The average molecular weight is 241 g/mol. The van der Waals surface area contributed by atoms with E-state index in [2.05, 4.69) is 19.9 Å². The second-order valence-electron chi connectivity index (χ2n) is 4.84. The second-order valence-corrected chi connectivity index (χ2v) is 4.84. The standard InChI is InChI=1S/C16H19NO/c1-11(2)13-6-4-5-7-15(13)18-16-10-12(3)8-9-14(16)17/h4-11H,17H2,1-3H3. The topological polar surface area (TPSA) is 35.2 Å². The molecular formula is C16H19NO. The number of anilines is 1. The molecule has 2 aromatic carbocycles. The van der Waals surface area contributed by atoms with Crippen molar-refractivity contribution in [3.05, 3.63) is 53.6 Å². The van der Waals surface area contributed by atoms with Gasteiger partial charge in [0, 0.05) is 0 Å². The zero-order valence-electron chi connectivity index (χ0n) is 11.1. The predicted octanol–water partition coefficient (Wildman–Crippen LogP) is 4.49. The van der Waals surface area contributed by atoms with Gasteiger partial charge in [0.05, 0.1) is 5.69 Å². The minimum atomic E-state index is 0.423. The maximum atomic E-state index is 5.96. The Labute approximate surface area is 108 Å². The molecule has 94 valence electrons. The summed E-state index contributed by atoms with van der Waals surface area (Å²) in [6.07, 6.45) is 0. The first kappa shape index (κ1) is 12.5. The van der Waals surface area contributed by atoms with Crippen molar-refractivity contribution in [2.45, 2.75) is 26.7 Å². The van der Waals surface area contributed by atoms with E-state index in [1.807, 2.05) is 43.3 Å². The molecule has 0 saturated carbocycles. The van der Waals surface area contributed by atoms with E-state index in [4.69, 9.17) is 10.5 Å². The molecule has 0 aliphatic rings. The molecule has 2 rings (SSSR count). The number of para-hydroxylation sites is 1. The van der Waals surface area contributed by atoms with Gasteiger partial charge in [0.2, 0.25) is 0 Å². The van der Waals surface area contributed by atoms with E-state index in [0.29, 0.717) is 11.6 Å². The van der Waals surface area contributed by atoms with Gasteiger partial charge in [0.25, 0.3) is 0 Å². The van der Waals surface area contributed by atoms with Gasteiger partial charge in [0.1, 0.15) is 5.75 Å². The van der Waals surface area contributed by atoms with Gasteiger partial charge in [-0.05, 0) is 42.2 Å². The van der Waals surface area contributed by atoms with Crippen molar-refractivity contribution < 1.29 is 4.74 Å². The van der Waals surface area contributed by atoms with Crippen LogP contribution in [0.3, 0.4) is 0 Å². The van der Waals surface area contributed by atoms with Gasteiger partial charge in [-0.25, -0.2) is 0 Å². The minimum absolute atomic E-state index is 0.423. The van der Waals surface area contributed by atoms with Gasteiger partial charge < -0.3 is 10.5 Å². The first-order valence-electron chi connectivity index (χ1n) is 6.21. The third kappa shape index (κ3) is 2.65. The van der Waals surface area contributed by atoms with Gasteiger partial charge in [-0.15, -0.1) is 0 Å². The molecule has 0 atom stereocenters. The minimum Gasteiger partial charge on any atom is -0.455 e. The lowest BCUT2D eigenvalue weighted by atomic mass is 10.0. The van der Waals surface area contributed by atoms with E-state index in [1.54, 1.807) is 0 Å². The quantitative estimate of drug-likeness (QED) is 0.803. The summed E-state index contributed by atoms with van der Waals surface area (Å²) in [5, 5.41) is 0. The number of nitrogen functional groups attached to an aromatic ring is 1. The molecular weight excluding hydrogens is 222 g/mol. The fraction of sp³-hybridized carbons (Fsp3) is 0.250. The highest BCUT2D eigenvalue weighted by molar-refractivity contribution is 5.56. The molecule has 0 unspecified atom stereocenters. The van der Waals surface area contributed by atoms with E-state index >= 15 is 0 Å². The van der Waals surface area contributed by atoms with E-state index in [0.717, 1.165) is 17.1 Å². The van der Waals surface area contributed by atoms with Crippen LogP contribution in [0.1, 0.15) is 30.9 Å². The molecule has 0 fully saturated rings. The van der Waals surface area contributed by atoms with Crippen molar-refractivity contribution >= 4 is 5.69 Å². The summed E-state index contributed by atoms with van der Waals surface area (Å²) in [6.45, 7) is 6.34. The fourth-order valence-electron chi connectivity index (χ4n) is 1.90. The highest BCUT2D eigenvalue weighted by Crippen LogP contribution is 2.33. The van der Waals surface area contributed by atoms with Crippen LogP contribution in [-0.2, 0) is 0 Å². The summed E-state index contributed by atoms with van der Waals surface area (Å²) in [5.74, 6) is 2.03. The average Bonchev–Trinajstić information content (AvgIpc) is 2.34. The first-order chi connectivity index (χ1) is 8.58. The fourth-order valence-corrected chi connectivity index (χ4v) is 1.90. The van der Waals surface area contributed by atoms with Gasteiger partial charge >= 0.3 is 0 Å². The molecule has 18 heavy (non-hydrogen) atoms. The van der Waals surface area contributed by atoms with Crippen LogP contribution in [0.15, 0.2) is 42.5 Å². The highest BCUT2D eigenvalue weighted by Gasteiger charge is 2.09. The van der Waals surface area contributed by atoms with Crippen LogP contribution in [-0.4, -0.2) is 0 Å². The van der Waals surface area contributed by atoms with E-state index < -0.39 is 0 Å².